The van der Waals surface area contributed by atoms with Crippen molar-refractivity contribution in [2.24, 2.45) is 0 Å². The molecule has 2 unspecified atom stereocenters. The first-order valence-electron chi connectivity index (χ1n) is 5.89. The highest BCUT2D eigenvalue weighted by Gasteiger charge is 2.26. The summed E-state index contributed by atoms with van der Waals surface area (Å²) >= 11 is 0. The van der Waals surface area contributed by atoms with Crippen molar-refractivity contribution < 1.29 is 9.38 Å². The Morgan fingerprint density at radius 3 is 2.79 bits per heavy atom. The molecule has 14 heavy (non-hydrogen) atoms. The summed E-state index contributed by atoms with van der Waals surface area (Å²) in [7, 11) is 0. The number of unbranched alkanes of at least 4 members (excludes halogenated alkanes) is 2. The minimum Gasteiger partial charge on any atom is -0.633 e. The number of morpholine rings is 1. The molecular weight excluding hydrogens is 178 g/mol. The van der Waals surface area contributed by atoms with Gasteiger partial charge in [-0.3, -0.25) is 0 Å². The third-order valence-electron chi connectivity index (χ3n) is 3.01. The Kier molecular flexibility index (Phi) is 4.85. The fourth-order valence-corrected chi connectivity index (χ4v) is 2.00. The Bertz CT molecular complexity index is 163. The molecule has 1 heterocycles. The molecule has 1 aliphatic rings. The molecule has 0 amide bonds. The van der Waals surface area contributed by atoms with Crippen LogP contribution in [0.3, 0.4) is 0 Å². The standard InChI is InChI=1S/C11H23NO2/c1-3-5-6-7-12(13)8-9-14-11(4-2)10-12/h11H,3-10H2,1-2H3. The summed E-state index contributed by atoms with van der Waals surface area (Å²) in [4.78, 5) is 0. The Labute approximate surface area is 87.2 Å². The van der Waals surface area contributed by atoms with Crippen LogP contribution in [-0.2, 0) is 4.74 Å². The van der Waals surface area contributed by atoms with E-state index in [4.69, 9.17) is 4.74 Å². The fourth-order valence-electron chi connectivity index (χ4n) is 2.00. The monoisotopic (exact) mass is 201 g/mol. The summed E-state index contributed by atoms with van der Waals surface area (Å²) in [6.07, 6.45) is 4.60. The van der Waals surface area contributed by atoms with Crippen LogP contribution in [0.15, 0.2) is 0 Å². The number of hydroxylamine groups is 3. The van der Waals surface area contributed by atoms with Gasteiger partial charge in [-0.2, -0.15) is 0 Å². The highest BCUT2D eigenvalue weighted by molar-refractivity contribution is 4.61. The number of nitrogens with zero attached hydrogens (tertiary/aromatic N) is 1. The minimum absolute atomic E-state index is 0.0154. The van der Waals surface area contributed by atoms with Gasteiger partial charge in [-0.1, -0.05) is 20.3 Å². The molecule has 0 spiro atoms. The van der Waals surface area contributed by atoms with Gasteiger partial charge in [0.1, 0.15) is 19.2 Å². The van der Waals surface area contributed by atoms with Crippen LogP contribution in [-0.4, -0.2) is 37.0 Å². The van der Waals surface area contributed by atoms with Crippen molar-refractivity contribution >= 4 is 0 Å². The number of hydrogen-bond acceptors (Lipinski definition) is 2. The summed E-state index contributed by atoms with van der Waals surface area (Å²) < 4.78 is 5.50. The number of ether oxygens (including phenoxy) is 1. The lowest BCUT2D eigenvalue weighted by Crippen LogP contribution is -2.54. The van der Waals surface area contributed by atoms with Crippen molar-refractivity contribution in [1.82, 2.24) is 0 Å². The maximum absolute atomic E-state index is 12.2. The molecule has 3 heteroatoms. The number of rotatable bonds is 5. The maximum atomic E-state index is 12.2. The normalized spacial score (nSPS) is 33.2. The lowest BCUT2D eigenvalue weighted by atomic mass is 10.2. The zero-order valence-corrected chi connectivity index (χ0v) is 9.50. The highest BCUT2D eigenvalue weighted by Crippen LogP contribution is 2.17. The molecule has 0 aliphatic carbocycles. The Hall–Kier alpha value is -0.120. The molecule has 0 aromatic carbocycles. The Morgan fingerprint density at radius 1 is 1.36 bits per heavy atom. The van der Waals surface area contributed by atoms with Gasteiger partial charge in [0.25, 0.3) is 0 Å². The third-order valence-corrected chi connectivity index (χ3v) is 3.01. The Balaban J connectivity index is 2.31. The SMILES string of the molecule is CCCCC[N+]1([O-])CCOC(CC)C1. The van der Waals surface area contributed by atoms with E-state index >= 15 is 0 Å². The van der Waals surface area contributed by atoms with Crippen molar-refractivity contribution in [2.45, 2.75) is 45.6 Å². The first kappa shape index (κ1) is 12.0. The molecule has 0 saturated carbocycles. The molecular formula is C11H23NO2. The van der Waals surface area contributed by atoms with E-state index in [1.54, 1.807) is 0 Å². The van der Waals surface area contributed by atoms with Crippen LogP contribution >= 0.6 is 0 Å². The van der Waals surface area contributed by atoms with Crippen molar-refractivity contribution in [3.8, 4) is 0 Å². The molecule has 1 saturated heterocycles. The average molecular weight is 201 g/mol. The van der Waals surface area contributed by atoms with Crippen molar-refractivity contribution in [1.29, 1.82) is 0 Å². The van der Waals surface area contributed by atoms with Crippen molar-refractivity contribution in [3.05, 3.63) is 5.21 Å². The van der Waals surface area contributed by atoms with Crippen LogP contribution in [0.5, 0.6) is 0 Å². The molecule has 1 rings (SSSR count). The summed E-state index contributed by atoms with van der Waals surface area (Å²) in [6, 6.07) is 0. The summed E-state index contributed by atoms with van der Waals surface area (Å²) in [5.74, 6) is 0. The van der Waals surface area contributed by atoms with Gasteiger partial charge in [0.05, 0.1) is 13.2 Å². The number of quaternary nitrogens is 1. The number of hydrogen-bond donors (Lipinski definition) is 0. The van der Waals surface area contributed by atoms with Crippen LogP contribution in [0.25, 0.3) is 0 Å². The maximum Gasteiger partial charge on any atom is 0.107 e. The van der Waals surface area contributed by atoms with E-state index in [-0.39, 0.29) is 10.8 Å². The lowest BCUT2D eigenvalue weighted by molar-refractivity contribution is -0.892. The molecule has 0 N–H and O–H groups in total. The van der Waals surface area contributed by atoms with E-state index in [9.17, 15) is 5.21 Å². The topological polar surface area (TPSA) is 32.3 Å². The zero-order chi connectivity index (χ0) is 10.4. The van der Waals surface area contributed by atoms with E-state index in [0.717, 1.165) is 19.4 Å². The van der Waals surface area contributed by atoms with Gasteiger partial charge in [0.2, 0.25) is 0 Å². The third kappa shape index (κ3) is 3.56. The van der Waals surface area contributed by atoms with Crippen LogP contribution < -0.4 is 0 Å². The quantitative estimate of drug-likeness (QED) is 0.388. The molecule has 1 aliphatic heterocycles. The Morgan fingerprint density at radius 2 is 2.14 bits per heavy atom. The van der Waals surface area contributed by atoms with Gasteiger partial charge in [0, 0.05) is 0 Å². The summed E-state index contributed by atoms with van der Waals surface area (Å²) in [5.41, 5.74) is 0. The minimum atomic E-state index is -0.0154. The molecule has 2 atom stereocenters. The van der Waals surface area contributed by atoms with Crippen LogP contribution in [0.2, 0.25) is 0 Å². The van der Waals surface area contributed by atoms with Gasteiger partial charge in [0.15, 0.2) is 0 Å². The largest absolute Gasteiger partial charge is 0.633 e. The zero-order valence-electron chi connectivity index (χ0n) is 9.50. The van der Waals surface area contributed by atoms with Crippen LogP contribution in [0.4, 0.5) is 0 Å². The van der Waals surface area contributed by atoms with E-state index in [1.165, 1.54) is 12.8 Å². The molecule has 0 aromatic rings. The van der Waals surface area contributed by atoms with Crippen LogP contribution in [0, 0.1) is 5.21 Å². The second-order valence-corrected chi connectivity index (χ2v) is 4.30. The second-order valence-electron chi connectivity index (χ2n) is 4.30. The molecule has 0 bridgehead atoms. The summed E-state index contributed by atoms with van der Waals surface area (Å²) in [6.45, 7) is 7.01. The van der Waals surface area contributed by atoms with Crippen molar-refractivity contribution in [3.63, 3.8) is 0 Å². The van der Waals surface area contributed by atoms with Gasteiger partial charge in [-0.05, 0) is 19.3 Å². The van der Waals surface area contributed by atoms with Crippen LogP contribution in [0.1, 0.15) is 39.5 Å². The van der Waals surface area contributed by atoms with Gasteiger partial charge < -0.3 is 14.6 Å². The lowest BCUT2D eigenvalue weighted by Gasteiger charge is -2.47. The predicted octanol–water partition coefficient (Wildman–Crippen LogP) is 2.30. The van der Waals surface area contributed by atoms with E-state index in [1.807, 2.05) is 0 Å². The van der Waals surface area contributed by atoms with E-state index in [2.05, 4.69) is 13.8 Å². The average Bonchev–Trinajstić information content (AvgIpc) is 2.18. The van der Waals surface area contributed by atoms with Crippen molar-refractivity contribution in [2.75, 3.05) is 26.2 Å². The fraction of sp³-hybridized carbons (Fsp3) is 1.00. The molecule has 84 valence electrons. The van der Waals surface area contributed by atoms with Gasteiger partial charge >= 0.3 is 0 Å². The highest BCUT2D eigenvalue weighted by atomic mass is 16.6. The first-order valence-corrected chi connectivity index (χ1v) is 5.89. The second kappa shape index (κ2) is 5.69. The van der Waals surface area contributed by atoms with Gasteiger partial charge in [-0.25, -0.2) is 0 Å². The molecule has 0 radical (unpaired) electrons. The molecule has 1 fully saturated rings. The molecule has 0 aromatic heterocycles. The molecule has 3 nitrogen and oxygen atoms in total. The summed E-state index contributed by atoms with van der Waals surface area (Å²) in [5, 5.41) is 12.2. The first-order chi connectivity index (χ1) is 6.70. The van der Waals surface area contributed by atoms with E-state index in [0.29, 0.717) is 19.7 Å². The van der Waals surface area contributed by atoms with Gasteiger partial charge in [-0.15, -0.1) is 0 Å². The smallest absolute Gasteiger partial charge is 0.107 e. The predicted molar refractivity (Wildman–Crippen MR) is 57.8 cm³/mol. The van der Waals surface area contributed by atoms with E-state index < -0.39 is 0 Å².